The van der Waals surface area contributed by atoms with Crippen LogP contribution in [-0.4, -0.2) is 120 Å². The molecule has 0 bridgehead atoms. The molecular weight excluding hydrogens is 1040 g/mol. The zero-order valence-corrected chi connectivity index (χ0v) is 45.8. The van der Waals surface area contributed by atoms with Crippen LogP contribution in [-0.2, 0) is 51.3 Å². The van der Waals surface area contributed by atoms with Gasteiger partial charge in [0.25, 0.3) is 0 Å². The molecule has 6 N–H and O–H groups in total. The van der Waals surface area contributed by atoms with Crippen molar-refractivity contribution in [3.8, 4) is 0 Å². The number of halogens is 4. The molecule has 6 rings (SSSR count). The third-order valence-corrected chi connectivity index (χ3v) is 17.1. The Morgan fingerprint density at radius 1 is 0.672 bits per heavy atom. The largest absolute Gasteiger partial charge is 1.00 e. The molecule has 0 spiro atoms. The molecule has 0 aromatic heterocycles. The van der Waals surface area contributed by atoms with Gasteiger partial charge in [-0.1, -0.05) is 78.1 Å². The molecule has 4 aromatic rings. The minimum Gasteiger partial charge on any atom is -0.870 e. The predicted molar refractivity (Wildman–Crippen MR) is 262 cm³/mol. The first-order valence-corrected chi connectivity index (χ1v) is 27.9. The van der Waals surface area contributed by atoms with Crippen LogP contribution in [0, 0.1) is 0 Å². The van der Waals surface area contributed by atoms with E-state index in [0.717, 1.165) is 40.5 Å². The van der Waals surface area contributed by atoms with E-state index in [-0.39, 0.29) is 96.6 Å². The average molecular weight is 1100 g/mol. The second-order valence-electron chi connectivity index (χ2n) is 14.9. The smallest absolute Gasteiger partial charge is 0.870 e. The number of hydrogen-bond donors (Lipinski definition) is 5. The Hall–Kier alpha value is -1.000. The number of nitrogens with zero attached hydrogens (tertiary/aromatic N) is 2. The molecule has 0 saturated carbocycles. The van der Waals surface area contributed by atoms with E-state index >= 15 is 0 Å². The summed E-state index contributed by atoms with van der Waals surface area (Å²) < 4.78 is 89.8. The summed E-state index contributed by atoms with van der Waals surface area (Å²) in [7, 11) is -10.4. The van der Waals surface area contributed by atoms with Gasteiger partial charge < -0.3 is 39.2 Å². The van der Waals surface area contributed by atoms with Crippen LogP contribution in [0.5, 0.6) is 0 Å². The van der Waals surface area contributed by atoms with Crippen molar-refractivity contribution in [2.75, 3.05) is 72.9 Å². The van der Waals surface area contributed by atoms with E-state index in [1.165, 1.54) is 12.1 Å². The van der Waals surface area contributed by atoms with Gasteiger partial charge in [0.15, 0.2) is 0 Å². The number of likely N-dealkylation sites (N-methyl/N-ethyl adjacent to an activating group) is 2. The first-order valence-electron chi connectivity index (χ1n) is 19.9. The molecule has 67 heavy (non-hydrogen) atoms. The van der Waals surface area contributed by atoms with E-state index < -0.39 is 41.4 Å². The zero-order valence-electron chi connectivity index (χ0n) is 37.3. The first kappa shape index (κ1) is 64.0. The van der Waals surface area contributed by atoms with Crippen molar-refractivity contribution in [3.05, 3.63) is 126 Å². The van der Waals surface area contributed by atoms with E-state index in [1.807, 2.05) is 38.4 Å². The number of hydrogen-bond acceptors (Lipinski definition) is 12. The molecule has 0 radical (unpaired) electrons. The monoisotopic (exact) mass is 1100 g/mol. The van der Waals surface area contributed by atoms with Crippen molar-refractivity contribution in [1.29, 1.82) is 0 Å². The van der Waals surface area contributed by atoms with Crippen LogP contribution < -0.4 is 39.0 Å². The molecule has 0 saturated heterocycles. The number of fused-ring (bicyclic) bond motifs is 2. The maximum Gasteiger partial charge on any atom is 1.00 e. The average Bonchev–Trinajstić information content (AvgIpc) is 3.21. The molecule has 370 valence electrons. The summed E-state index contributed by atoms with van der Waals surface area (Å²) in [6, 6.07) is 20.5. The Morgan fingerprint density at radius 3 is 1.40 bits per heavy atom. The molecule has 25 heteroatoms. The van der Waals surface area contributed by atoms with Gasteiger partial charge in [0.2, 0.25) is 20.0 Å². The van der Waals surface area contributed by atoms with Crippen molar-refractivity contribution in [2.45, 2.75) is 56.0 Å². The van der Waals surface area contributed by atoms with Gasteiger partial charge in [-0.3, -0.25) is 9.13 Å². The van der Waals surface area contributed by atoms with Crippen LogP contribution >= 0.6 is 61.6 Å². The van der Waals surface area contributed by atoms with E-state index in [0.29, 0.717) is 46.3 Å². The molecule has 2 atom stereocenters. The summed E-state index contributed by atoms with van der Waals surface area (Å²) in [5, 5.41) is 9.25. The SMILES string of the molecule is C.CCOP(=O)(CCNS(=O)(=O)c1cccc(C2CN(C)Cc3c(Cl)cc(Cl)cc32)c1)OCC.CN1Cc2c(Cl)cc(Cl)cc2C(c2cccc(S(=O)(=O)NCCP(=O)(O)O)c2)C1.CO.[Na+].[OH-]. The molecule has 2 heterocycles. The molecule has 0 aliphatic carbocycles. The molecule has 2 aliphatic rings. The quantitative estimate of drug-likeness (QED) is 0.0715. The summed E-state index contributed by atoms with van der Waals surface area (Å²) in [6.07, 6.45) is -0.616. The van der Waals surface area contributed by atoms with Gasteiger partial charge in [-0.15, -0.1) is 0 Å². The second kappa shape index (κ2) is 28.3. The van der Waals surface area contributed by atoms with Crippen molar-refractivity contribution >= 4 is 81.6 Å². The van der Waals surface area contributed by atoms with Gasteiger partial charge in [-0.25, -0.2) is 26.3 Å². The van der Waals surface area contributed by atoms with Gasteiger partial charge in [0.05, 0.1) is 35.3 Å². The van der Waals surface area contributed by atoms with Crippen LogP contribution in [0.3, 0.4) is 0 Å². The summed E-state index contributed by atoms with van der Waals surface area (Å²) in [5.74, 6) is -0.202. The fourth-order valence-electron chi connectivity index (χ4n) is 7.43. The number of rotatable bonds is 16. The van der Waals surface area contributed by atoms with Crippen LogP contribution in [0.15, 0.2) is 82.6 Å². The fourth-order valence-corrected chi connectivity index (χ4v) is 12.9. The summed E-state index contributed by atoms with van der Waals surface area (Å²) >= 11 is 25.3. The Balaban J connectivity index is 0.000000623. The number of sulfonamides is 2. The normalized spacial score (nSPS) is 16.3. The van der Waals surface area contributed by atoms with Crippen LogP contribution in [0.2, 0.25) is 20.1 Å². The van der Waals surface area contributed by atoms with Crippen molar-refractivity contribution in [1.82, 2.24) is 19.2 Å². The molecule has 16 nitrogen and oxygen atoms in total. The standard InChI is InChI=1S/C22H29Cl2N2O5PS.C18H21Cl2N2O5PS.CH4O.CH4.Na.H2O/c1-4-30-32(27,31-5-2)10-9-25-33(28,29)18-8-6-7-16(11-18)20-14-26(3)15-21-19(20)12-17(23)13-22(21)24;1-22-10-16(15-8-13(19)9-18(20)17(15)11-22)12-3-2-4-14(7-12)29(26,27)21-5-6-28(23,24)25;1-2;;;/h6-8,11-13,20,25H,4-5,9-10,14-15H2,1-3H3;2-4,7-9,16,21H,5-6,10-11H2,1H3,(H2,23,24,25);2H,1H3;1H4;;1H2/q;;;;+1;/p-1. The molecule has 4 aromatic carbocycles. The Labute approximate surface area is 437 Å². The Kier molecular flexibility index (Phi) is 27.0. The van der Waals surface area contributed by atoms with E-state index in [9.17, 15) is 26.0 Å². The van der Waals surface area contributed by atoms with Crippen molar-refractivity contribution in [2.24, 2.45) is 0 Å². The number of nitrogens with one attached hydrogen (secondary N) is 2. The number of benzene rings is 4. The van der Waals surface area contributed by atoms with E-state index in [4.69, 9.17) is 70.3 Å². The van der Waals surface area contributed by atoms with Crippen LogP contribution in [0.25, 0.3) is 0 Å². The molecule has 0 amide bonds. The van der Waals surface area contributed by atoms with Crippen LogP contribution in [0.4, 0.5) is 0 Å². The minimum atomic E-state index is -4.29. The topological polar surface area (TPSA) is 242 Å². The Morgan fingerprint density at radius 2 is 1.04 bits per heavy atom. The van der Waals surface area contributed by atoms with E-state index in [1.54, 1.807) is 50.2 Å². The Bertz CT molecular complexity index is 2570. The maximum absolute atomic E-state index is 13.0. The summed E-state index contributed by atoms with van der Waals surface area (Å²) in [5.41, 5.74) is 5.55. The fraction of sp³-hybridized carbons (Fsp3) is 0.429. The van der Waals surface area contributed by atoms with Crippen LogP contribution in [0.1, 0.15) is 66.5 Å². The van der Waals surface area contributed by atoms with Gasteiger partial charge in [0.1, 0.15) is 0 Å². The predicted octanol–water partition coefficient (Wildman–Crippen LogP) is 5.21. The summed E-state index contributed by atoms with van der Waals surface area (Å²) in [6.45, 7) is 6.18. The number of aliphatic hydroxyl groups excluding tert-OH is 1. The molecule has 2 unspecified atom stereocenters. The van der Waals surface area contributed by atoms with Gasteiger partial charge >= 0.3 is 44.7 Å². The minimum absolute atomic E-state index is 0. The maximum atomic E-state index is 13.0. The third kappa shape index (κ3) is 18.2. The third-order valence-electron chi connectivity index (χ3n) is 10.2. The van der Waals surface area contributed by atoms with Gasteiger partial charge in [-0.2, -0.15) is 0 Å². The molecular formula is C42H59Cl4N4NaO12P2S2. The molecule has 2 aliphatic heterocycles. The van der Waals surface area contributed by atoms with Gasteiger partial charge in [0, 0.05) is 78.3 Å². The second-order valence-corrected chi connectivity index (χ2v) is 24.1. The zero-order chi connectivity index (χ0) is 47.6. The van der Waals surface area contributed by atoms with E-state index in [2.05, 4.69) is 19.2 Å². The molecule has 0 fully saturated rings. The first-order chi connectivity index (χ1) is 30.0. The van der Waals surface area contributed by atoms with Crippen molar-refractivity contribution < 1.29 is 84.9 Å². The number of aliphatic hydroxyl groups is 1. The summed E-state index contributed by atoms with van der Waals surface area (Å²) in [4.78, 5) is 22.2. The van der Waals surface area contributed by atoms with Crippen molar-refractivity contribution in [3.63, 3.8) is 0 Å². The van der Waals surface area contributed by atoms with Gasteiger partial charge in [-0.05, 0) is 110 Å².